The molecule has 4 nitrogen and oxygen atoms in total. The van der Waals surface area contributed by atoms with Crippen LogP contribution in [0.25, 0.3) is 0 Å². The second-order valence-corrected chi connectivity index (χ2v) is 6.70. The van der Waals surface area contributed by atoms with Crippen molar-refractivity contribution in [3.63, 3.8) is 0 Å². The van der Waals surface area contributed by atoms with E-state index in [1.807, 2.05) is 0 Å². The highest BCUT2D eigenvalue weighted by Gasteiger charge is 2.24. The van der Waals surface area contributed by atoms with E-state index in [1.165, 1.54) is 4.88 Å². The maximum Gasteiger partial charge on any atom is 0.185 e. The van der Waals surface area contributed by atoms with Gasteiger partial charge in [-0.1, -0.05) is 20.8 Å². The normalized spacial score (nSPS) is 13.7. The molecule has 0 aliphatic carbocycles. The molecule has 0 spiro atoms. The van der Waals surface area contributed by atoms with Crippen LogP contribution in [0.1, 0.15) is 38.3 Å². The second-order valence-electron chi connectivity index (χ2n) is 5.64. The fraction of sp³-hybridized carbons (Fsp3) is 0.769. The number of hydrogen-bond donors (Lipinski definition) is 1. The summed E-state index contributed by atoms with van der Waals surface area (Å²) in [6, 6.07) is 0.305. The molecular weight excluding hydrogens is 246 g/mol. The van der Waals surface area contributed by atoms with Gasteiger partial charge in [-0.15, -0.1) is 11.3 Å². The Morgan fingerprint density at radius 2 is 2.06 bits per heavy atom. The van der Waals surface area contributed by atoms with Crippen LogP contribution in [0.4, 0.5) is 5.13 Å². The molecule has 1 rings (SSSR count). The van der Waals surface area contributed by atoms with Crippen LogP contribution in [0, 0.1) is 0 Å². The van der Waals surface area contributed by atoms with E-state index in [4.69, 9.17) is 15.5 Å². The molecule has 0 bridgehead atoms. The predicted octanol–water partition coefficient (Wildman–Crippen LogP) is 2.37. The molecule has 0 saturated carbocycles. The molecule has 0 saturated heterocycles. The van der Waals surface area contributed by atoms with Crippen molar-refractivity contribution < 1.29 is 4.74 Å². The smallest absolute Gasteiger partial charge is 0.185 e. The largest absolute Gasteiger partial charge is 0.383 e. The topological polar surface area (TPSA) is 51.4 Å². The Balaban J connectivity index is 3.01. The highest BCUT2D eigenvalue weighted by molar-refractivity contribution is 7.15. The molecule has 1 atom stereocenters. The molecule has 0 radical (unpaired) electrons. The van der Waals surface area contributed by atoms with Crippen LogP contribution in [0.2, 0.25) is 0 Å². The van der Waals surface area contributed by atoms with E-state index in [1.54, 1.807) is 18.4 Å². The van der Waals surface area contributed by atoms with Gasteiger partial charge in [0.2, 0.25) is 0 Å². The van der Waals surface area contributed by atoms with Crippen molar-refractivity contribution in [2.45, 2.75) is 45.7 Å². The Morgan fingerprint density at radius 3 is 2.44 bits per heavy atom. The maximum atomic E-state index is 5.82. The second kappa shape index (κ2) is 5.99. The molecule has 1 unspecified atom stereocenters. The van der Waals surface area contributed by atoms with Crippen LogP contribution in [-0.4, -0.2) is 31.8 Å². The van der Waals surface area contributed by atoms with Crippen LogP contribution < -0.4 is 10.6 Å². The first-order chi connectivity index (χ1) is 8.31. The average Bonchev–Trinajstić information content (AvgIpc) is 2.71. The third-order valence-corrected chi connectivity index (χ3v) is 4.12. The molecule has 104 valence electrons. The zero-order valence-electron chi connectivity index (χ0n) is 12.3. The van der Waals surface area contributed by atoms with Crippen molar-refractivity contribution in [2.75, 3.05) is 25.7 Å². The van der Waals surface area contributed by atoms with Crippen LogP contribution in [0.5, 0.6) is 0 Å². The van der Waals surface area contributed by atoms with E-state index in [0.29, 0.717) is 19.2 Å². The first-order valence-electron chi connectivity index (χ1n) is 6.23. The number of nitrogens with zero attached hydrogens (tertiary/aromatic N) is 2. The van der Waals surface area contributed by atoms with Crippen molar-refractivity contribution in [3.05, 3.63) is 10.6 Å². The summed E-state index contributed by atoms with van der Waals surface area (Å²) in [7, 11) is 3.77. The van der Waals surface area contributed by atoms with Gasteiger partial charge >= 0.3 is 0 Å². The summed E-state index contributed by atoms with van der Waals surface area (Å²) in [4.78, 5) is 8.09. The summed E-state index contributed by atoms with van der Waals surface area (Å²) in [5, 5.41) is 1.02. The Morgan fingerprint density at radius 1 is 1.44 bits per heavy atom. The SMILES string of the molecule is COCC(C)N(C)c1nc(C(C)(C)C)c(CN)s1. The lowest BCUT2D eigenvalue weighted by molar-refractivity contribution is 0.183. The van der Waals surface area contributed by atoms with E-state index in [2.05, 4.69) is 39.6 Å². The molecule has 1 aromatic heterocycles. The number of thiazole rings is 1. The van der Waals surface area contributed by atoms with Gasteiger partial charge < -0.3 is 15.4 Å². The first-order valence-corrected chi connectivity index (χ1v) is 7.05. The minimum atomic E-state index is 0.0365. The monoisotopic (exact) mass is 271 g/mol. The van der Waals surface area contributed by atoms with Gasteiger partial charge in [-0.2, -0.15) is 0 Å². The number of nitrogens with two attached hydrogens (primary N) is 1. The zero-order chi connectivity index (χ0) is 13.9. The van der Waals surface area contributed by atoms with Gasteiger partial charge in [0.15, 0.2) is 5.13 Å². The molecule has 18 heavy (non-hydrogen) atoms. The van der Waals surface area contributed by atoms with Crippen molar-refractivity contribution >= 4 is 16.5 Å². The minimum Gasteiger partial charge on any atom is -0.383 e. The third kappa shape index (κ3) is 3.43. The molecule has 1 aromatic rings. The van der Waals surface area contributed by atoms with Crippen LogP contribution >= 0.6 is 11.3 Å². The van der Waals surface area contributed by atoms with Crippen molar-refractivity contribution in [1.82, 2.24) is 4.98 Å². The molecule has 2 N–H and O–H groups in total. The van der Waals surface area contributed by atoms with E-state index in [9.17, 15) is 0 Å². The third-order valence-electron chi connectivity index (χ3n) is 2.95. The molecule has 0 aliphatic rings. The highest BCUT2D eigenvalue weighted by Crippen LogP contribution is 2.33. The zero-order valence-corrected chi connectivity index (χ0v) is 13.1. The van der Waals surface area contributed by atoms with Crippen LogP contribution in [-0.2, 0) is 16.7 Å². The van der Waals surface area contributed by atoms with Gasteiger partial charge in [-0.05, 0) is 6.92 Å². The van der Waals surface area contributed by atoms with Crippen LogP contribution in [0.3, 0.4) is 0 Å². The van der Waals surface area contributed by atoms with E-state index in [-0.39, 0.29) is 5.41 Å². The van der Waals surface area contributed by atoms with E-state index < -0.39 is 0 Å². The number of ether oxygens (including phenoxy) is 1. The number of rotatable bonds is 5. The summed E-state index contributed by atoms with van der Waals surface area (Å²) in [6.45, 7) is 9.89. The van der Waals surface area contributed by atoms with Crippen molar-refractivity contribution in [2.24, 2.45) is 5.73 Å². The lowest BCUT2D eigenvalue weighted by Crippen LogP contribution is -2.32. The predicted molar refractivity (Wildman–Crippen MR) is 78.4 cm³/mol. The summed E-state index contributed by atoms with van der Waals surface area (Å²) >= 11 is 1.68. The van der Waals surface area contributed by atoms with Gasteiger partial charge in [0.05, 0.1) is 18.3 Å². The number of likely N-dealkylation sites (N-methyl/N-ethyl adjacent to an activating group) is 1. The molecular formula is C13H25N3OS. The van der Waals surface area contributed by atoms with Gasteiger partial charge in [-0.25, -0.2) is 4.98 Å². The summed E-state index contributed by atoms with van der Waals surface area (Å²) in [6.07, 6.45) is 0. The lowest BCUT2D eigenvalue weighted by atomic mass is 9.91. The first kappa shape index (κ1) is 15.4. The van der Waals surface area contributed by atoms with Gasteiger partial charge in [0.25, 0.3) is 0 Å². The van der Waals surface area contributed by atoms with Gasteiger partial charge in [0.1, 0.15) is 0 Å². The Bertz CT molecular complexity index is 384. The van der Waals surface area contributed by atoms with E-state index in [0.717, 1.165) is 10.8 Å². The quantitative estimate of drug-likeness (QED) is 0.893. The Kier molecular flexibility index (Phi) is 5.13. The summed E-state index contributed by atoms with van der Waals surface area (Å²) in [5.41, 5.74) is 6.97. The van der Waals surface area contributed by atoms with E-state index >= 15 is 0 Å². The number of methoxy groups -OCH3 is 1. The fourth-order valence-electron chi connectivity index (χ4n) is 1.76. The van der Waals surface area contributed by atoms with Gasteiger partial charge in [-0.3, -0.25) is 0 Å². The molecule has 0 aliphatic heterocycles. The standard InChI is InChI=1S/C13H25N3OS/c1-9(8-17-6)16(5)12-15-11(13(2,3)4)10(7-14)18-12/h9H,7-8,14H2,1-6H3. The van der Waals surface area contributed by atoms with Crippen molar-refractivity contribution in [3.8, 4) is 0 Å². The Hall–Kier alpha value is -0.650. The summed E-state index contributed by atoms with van der Waals surface area (Å²) < 4.78 is 5.19. The summed E-state index contributed by atoms with van der Waals surface area (Å²) in [5.74, 6) is 0. The molecule has 0 aromatic carbocycles. The fourth-order valence-corrected chi connectivity index (χ4v) is 2.97. The molecule has 0 fully saturated rings. The molecule has 1 heterocycles. The number of anilines is 1. The molecule has 0 amide bonds. The number of aromatic nitrogens is 1. The van der Waals surface area contributed by atoms with Crippen molar-refractivity contribution in [1.29, 1.82) is 0 Å². The average molecular weight is 271 g/mol. The highest BCUT2D eigenvalue weighted by atomic mass is 32.1. The Labute approximate surface area is 114 Å². The molecule has 5 heteroatoms. The number of hydrogen-bond acceptors (Lipinski definition) is 5. The lowest BCUT2D eigenvalue weighted by Gasteiger charge is -2.23. The van der Waals surface area contributed by atoms with Crippen LogP contribution in [0.15, 0.2) is 0 Å². The maximum absolute atomic E-state index is 5.82. The minimum absolute atomic E-state index is 0.0365. The van der Waals surface area contributed by atoms with Gasteiger partial charge in [0, 0.05) is 31.0 Å².